The fraction of sp³-hybridized carbons (Fsp3) is 0.304. The molecule has 0 aliphatic carbocycles. The molecule has 0 fully saturated rings. The number of aliphatic hydroxyl groups is 3. The van der Waals surface area contributed by atoms with Crippen molar-refractivity contribution in [3.63, 3.8) is 0 Å². The maximum Gasteiger partial charge on any atom is 0.475 e. The molecule has 6 atom stereocenters. The number of rotatable bonds is 33. The predicted octanol–water partition coefficient (Wildman–Crippen LogP) is 13.7. The van der Waals surface area contributed by atoms with Gasteiger partial charge < -0.3 is 29.5 Å². The number of hydrogen-bond acceptors (Lipinski definition) is 19. The molecule has 0 radical (unpaired) electrons. The lowest BCUT2D eigenvalue weighted by molar-refractivity contribution is -0.00434. The highest BCUT2D eigenvalue weighted by Crippen LogP contribution is 2.50. The van der Waals surface area contributed by atoms with Gasteiger partial charge in [-0.25, -0.2) is 47.1 Å². The van der Waals surface area contributed by atoms with Crippen LogP contribution in [0.15, 0.2) is 164 Å². The molecule has 3 heterocycles. The molecule has 9 aromatic rings. The maximum absolute atomic E-state index is 15.1. The first-order chi connectivity index (χ1) is 47.0. The molecule has 0 unspecified atom stereocenters. The third-order valence-electron chi connectivity index (χ3n) is 15.9. The van der Waals surface area contributed by atoms with Crippen LogP contribution in [0.2, 0.25) is 15.1 Å². The molecule has 0 saturated heterocycles. The van der Waals surface area contributed by atoms with Gasteiger partial charge in [-0.1, -0.05) is 144 Å². The van der Waals surface area contributed by atoms with E-state index in [4.69, 9.17) is 62.6 Å². The summed E-state index contributed by atoms with van der Waals surface area (Å²) in [6, 6.07) is 37.2. The van der Waals surface area contributed by atoms with Gasteiger partial charge in [0.25, 0.3) is 0 Å². The second-order valence-electron chi connectivity index (χ2n) is 23.3. The summed E-state index contributed by atoms with van der Waals surface area (Å²) >= 11 is 19.1. The zero-order valence-corrected chi connectivity index (χ0v) is 56.5. The molecule has 98 heavy (non-hydrogen) atoms. The van der Waals surface area contributed by atoms with Crippen LogP contribution in [-0.4, -0.2) is 160 Å². The Morgan fingerprint density at radius 1 is 0.429 bits per heavy atom. The molecule has 0 bridgehead atoms. The van der Waals surface area contributed by atoms with E-state index in [1.807, 2.05) is 72.8 Å². The minimum absolute atomic E-state index is 0.0157. The summed E-state index contributed by atoms with van der Waals surface area (Å²) < 4.78 is 93.8. The number of anilines is 3. The quantitative estimate of drug-likeness (QED) is 0.0165. The molecule has 9 rings (SSSR count). The number of benzene rings is 6. The van der Waals surface area contributed by atoms with Gasteiger partial charge in [-0.3, -0.25) is 44.2 Å². The number of nitrogens with one attached hydrogen (secondary N) is 3. The van der Waals surface area contributed by atoms with Crippen molar-refractivity contribution >= 4 is 111 Å². The van der Waals surface area contributed by atoms with E-state index >= 15 is 4.57 Å². The van der Waals surface area contributed by atoms with Gasteiger partial charge in [-0.05, 0) is 110 Å². The largest absolute Gasteiger partial charge is 0.475 e. The van der Waals surface area contributed by atoms with Gasteiger partial charge >= 0.3 is 26.1 Å². The number of fused-ring (bicyclic) bond motifs is 3. The number of carbonyl (C=O) groups excluding carboxylic acids is 3. The first-order valence-corrected chi connectivity index (χ1v) is 33.5. The van der Waals surface area contributed by atoms with E-state index in [1.165, 1.54) is 36.4 Å². The molecule has 22 nitrogen and oxygen atoms in total. The number of hydrogen-bond donors (Lipinski definition) is 6. The van der Waals surface area contributed by atoms with Crippen LogP contribution in [0.25, 0.3) is 32.3 Å². The van der Waals surface area contributed by atoms with Crippen LogP contribution in [0, 0.1) is 17.5 Å². The highest BCUT2D eigenvalue weighted by atomic mass is 35.5. The second-order valence-corrected chi connectivity index (χ2v) is 26.1. The van der Waals surface area contributed by atoms with Gasteiger partial charge in [0.05, 0.1) is 53.2 Å². The van der Waals surface area contributed by atoms with E-state index in [0.717, 1.165) is 32.3 Å². The zero-order valence-electron chi connectivity index (χ0n) is 53.4. The minimum Gasteiger partial charge on any atom is -0.448 e. The Morgan fingerprint density at radius 3 is 0.969 bits per heavy atom. The van der Waals surface area contributed by atoms with E-state index in [1.54, 1.807) is 90.8 Å². The van der Waals surface area contributed by atoms with E-state index in [9.17, 15) is 42.9 Å². The summed E-state index contributed by atoms with van der Waals surface area (Å²) in [4.78, 5) is 57.8. The van der Waals surface area contributed by atoms with Crippen LogP contribution >= 0.6 is 42.6 Å². The molecule has 3 amide bonds. The van der Waals surface area contributed by atoms with Crippen molar-refractivity contribution in [2.24, 2.45) is 0 Å². The van der Waals surface area contributed by atoms with Crippen LogP contribution in [0.1, 0.15) is 36.0 Å². The normalized spacial score (nSPS) is 13.7. The summed E-state index contributed by atoms with van der Waals surface area (Å²) in [6.45, 7) is -3.65. The van der Waals surface area contributed by atoms with Crippen LogP contribution < -0.4 is 16.0 Å². The Morgan fingerprint density at radius 2 is 0.694 bits per heavy atom. The molecule has 0 aliphatic rings. The monoisotopic (exact) mass is 1430 g/mol. The second kappa shape index (κ2) is 35.6. The molecule has 0 aliphatic heterocycles. The summed E-state index contributed by atoms with van der Waals surface area (Å²) in [5.41, 5.74) is 1.07. The summed E-state index contributed by atoms with van der Waals surface area (Å²) in [7, 11) is -0.219. The number of likely N-dealkylation sites (N-methyl/N-ethyl adjacent to an activating group) is 3. The number of carbonyl (C=O) groups is 3. The number of phosphoric acid groups is 1. The topological polar surface area (TPSA) is 269 Å². The molecule has 6 N–H and O–H groups in total. The number of halogens is 6. The zero-order chi connectivity index (χ0) is 69.9. The Labute approximate surface area is 578 Å². The lowest BCUT2D eigenvalue weighted by Gasteiger charge is -2.31. The van der Waals surface area contributed by atoms with Gasteiger partial charge in [0.2, 0.25) is 0 Å². The average Bonchev–Trinajstić information content (AvgIpc) is 0.945. The van der Waals surface area contributed by atoms with Crippen molar-refractivity contribution in [2.75, 3.05) is 76.7 Å². The van der Waals surface area contributed by atoms with Crippen LogP contribution in [0.4, 0.5) is 45.0 Å². The van der Waals surface area contributed by atoms with Crippen molar-refractivity contribution in [3.05, 3.63) is 213 Å². The van der Waals surface area contributed by atoms with Gasteiger partial charge in [-0.15, -0.1) is 0 Å². The molecule has 518 valence electrons. The fourth-order valence-corrected chi connectivity index (χ4v) is 12.4. The maximum atomic E-state index is 15.1. The minimum atomic E-state index is -5.05. The highest BCUT2D eigenvalue weighted by Gasteiger charge is 2.34. The molecule has 29 heteroatoms. The first-order valence-electron chi connectivity index (χ1n) is 30.9. The van der Waals surface area contributed by atoms with Crippen molar-refractivity contribution in [3.8, 4) is 0 Å². The third kappa shape index (κ3) is 21.7. The van der Waals surface area contributed by atoms with Crippen molar-refractivity contribution < 1.29 is 75.2 Å². The number of aromatic nitrogens is 3. The predicted molar refractivity (Wildman–Crippen MR) is 367 cm³/mol. The fourth-order valence-electron chi connectivity index (χ4n) is 10.5. The highest BCUT2D eigenvalue weighted by molar-refractivity contribution is 7.48. The molecular weight excluding hydrogens is 1360 g/mol. The smallest absolute Gasteiger partial charge is 0.448 e. The number of nitrogens with zero attached hydrogens (tertiary/aromatic N) is 6. The SMILES string of the molecule is CN(Cc1cccc(F)c1Cl)[C@H](COC(=O)Nc1cc2ccccc2cn1)C[C@@H](O)COP(=O)(OC[C@H](O)C[C@@H](COC(=O)Nc1cc2ccccc2cn1)N(C)Cc1cccc(F)c1Cl)OC[C@H](O)C[C@@H](COC(=O)Nc1cc2ccccc2cn1)N(C)Cc1cccc(F)c1Cl. The Bertz CT molecular complexity index is 3840. The number of amides is 3. The van der Waals surface area contributed by atoms with E-state index in [0.29, 0.717) is 16.7 Å². The van der Waals surface area contributed by atoms with Crippen LogP contribution in [0.3, 0.4) is 0 Å². The van der Waals surface area contributed by atoms with E-state index < -0.39 is 99.8 Å². The Balaban J connectivity index is 0.923. The number of pyridine rings is 3. The van der Waals surface area contributed by atoms with Gasteiger partial charge in [0.1, 0.15) is 54.7 Å². The molecule has 0 spiro atoms. The molecule has 3 aromatic heterocycles. The lowest BCUT2D eigenvalue weighted by atomic mass is 10.1. The van der Waals surface area contributed by atoms with E-state index in [2.05, 4.69) is 30.9 Å². The summed E-state index contributed by atoms with van der Waals surface area (Å²) in [5.74, 6) is -1.48. The van der Waals surface area contributed by atoms with Gasteiger partial charge in [-0.2, -0.15) is 0 Å². The lowest BCUT2D eigenvalue weighted by Crippen LogP contribution is -2.40. The number of ether oxygens (including phenoxy) is 3. The van der Waals surface area contributed by atoms with Crippen LogP contribution in [0.5, 0.6) is 0 Å². The van der Waals surface area contributed by atoms with Crippen molar-refractivity contribution in [1.82, 2.24) is 29.7 Å². The number of aliphatic hydroxyl groups excluding tert-OH is 3. The van der Waals surface area contributed by atoms with Crippen molar-refractivity contribution in [2.45, 2.75) is 75.3 Å². The molecular formula is C69H72Cl3F3N9O13P. The average molecular weight is 1430 g/mol. The van der Waals surface area contributed by atoms with Crippen molar-refractivity contribution in [1.29, 1.82) is 0 Å². The Kier molecular flexibility index (Phi) is 26.9. The summed E-state index contributed by atoms with van der Waals surface area (Å²) in [6.07, 6.45) is -3.52. The standard InChI is InChI=1S/C69H72Cl3F3N9O13P/c1-82(34-49-19-10-22-58(73)64(49)70)52(37-92-67(88)79-61-25-43-13-4-7-16-46(43)31-76-61)28-55(85)40-95-98(91,96-41-56(86)29-53(83(2)35-50-20-11-23-59(74)65(50)71)38-93-68(89)80-62-26-44-14-5-8-17-47(44)32-77-62)97-42-57(87)30-54(84(3)36-51-21-12-24-60(75)66(51)72)39-94-69(90)81-63-27-45-15-6-9-18-48(45)33-78-63/h4-27,31-33,52-57,85-87H,28-30,34-42H2,1-3H3,(H,76,79,88)(H,77,80,89)(H,78,81,90)/t52-,53-,54-,55+,56+,57+/m0/s1. The third-order valence-corrected chi connectivity index (χ3v) is 18.6. The summed E-state index contributed by atoms with van der Waals surface area (Å²) in [5, 5.41) is 47.6. The first kappa shape index (κ1) is 74.1. The Hall–Kier alpha value is -8.11. The van der Waals surface area contributed by atoms with E-state index in [-0.39, 0.29) is 91.2 Å². The van der Waals surface area contributed by atoms with Gasteiger partial charge in [0.15, 0.2) is 0 Å². The molecule has 6 aromatic carbocycles. The van der Waals surface area contributed by atoms with Gasteiger partial charge in [0, 0.05) is 72.5 Å². The van der Waals surface area contributed by atoms with Crippen LogP contribution in [-0.2, 0) is 52.0 Å². The number of phosphoric ester groups is 1. The molecule has 0 saturated carbocycles.